The van der Waals surface area contributed by atoms with Gasteiger partial charge in [0, 0.05) is 0 Å². The first-order valence-electron chi connectivity index (χ1n) is 6.13. The largest absolute Gasteiger partial charge is 0.491 e. The van der Waals surface area contributed by atoms with Crippen molar-refractivity contribution in [3.05, 3.63) is 45.9 Å². The molecule has 2 aromatic rings. The molecule has 0 aliphatic carbocycles. The van der Waals surface area contributed by atoms with E-state index in [1.807, 2.05) is 36.4 Å². The molecule has 0 saturated heterocycles. The van der Waals surface area contributed by atoms with Crippen molar-refractivity contribution in [2.75, 3.05) is 11.9 Å². The summed E-state index contributed by atoms with van der Waals surface area (Å²) in [5.41, 5.74) is 5.93. The number of halogens is 1. The minimum absolute atomic E-state index is 0.199. The second-order valence-corrected chi connectivity index (χ2v) is 5.18. The average Bonchev–Trinajstić information content (AvgIpc) is 2.83. The Balaban J connectivity index is 1.94. The SMILES string of the molecule is NC(=O)CCOc1ccccc1NCc1ccc(I)o1. The van der Waals surface area contributed by atoms with Gasteiger partial charge in [-0.25, -0.2) is 0 Å². The molecule has 1 aromatic heterocycles. The quantitative estimate of drug-likeness (QED) is 0.718. The van der Waals surface area contributed by atoms with Crippen LogP contribution < -0.4 is 15.8 Å². The second kappa shape index (κ2) is 7.18. The highest BCUT2D eigenvalue weighted by molar-refractivity contribution is 14.1. The van der Waals surface area contributed by atoms with E-state index in [-0.39, 0.29) is 18.9 Å². The molecule has 0 aliphatic heterocycles. The van der Waals surface area contributed by atoms with Gasteiger partial charge in [-0.2, -0.15) is 0 Å². The third kappa shape index (κ3) is 4.44. The first-order chi connectivity index (χ1) is 9.65. The Morgan fingerprint density at radius 1 is 1.30 bits per heavy atom. The van der Waals surface area contributed by atoms with E-state index in [9.17, 15) is 4.79 Å². The number of benzene rings is 1. The van der Waals surface area contributed by atoms with Crippen LogP contribution in [0.25, 0.3) is 0 Å². The predicted molar refractivity (Wildman–Crippen MR) is 84.5 cm³/mol. The molecule has 0 atom stereocenters. The highest BCUT2D eigenvalue weighted by Gasteiger charge is 2.05. The number of para-hydroxylation sites is 2. The number of hydrogen-bond acceptors (Lipinski definition) is 4. The van der Waals surface area contributed by atoms with Gasteiger partial charge < -0.3 is 20.2 Å². The van der Waals surface area contributed by atoms with Crippen LogP contribution in [0.1, 0.15) is 12.2 Å². The van der Waals surface area contributed by atoms with Gasteiger partial charge >= 0.3 is 0 Å². The van der Waals surface area contributed by atoms with Gasteiger partial charge in [-0.1, -0.05) is 12.1 Å². The van der Waals surface area contributed by atoms with Crippen LogP contribution in [0.5, 0.6) is 5.75 Å². The van der Waals surface area contributed by atoms with Crippen LogP contribution in [0.2, 0.25) is 0 Å². The van der Waals surface area contributed by atoms with Crippen LogP contribution in [0.3, 0.4) is 0 Å². The average molecular weight is 386 g/mol. The summed E-state index contributed by atoms with van der Waals surface area (Å²) >= 11 is 2.12. The van der Waals surface area contributed by atoms with Crippen molar-refractivity contribution in [1.82, 2.24) is 0 Å². The van der Waals surface area contributed by atoms with Gasteiger partial charge in [-0.05, 0) is 46.9 Å². The highest BCUT2D eigenvalue weighted by atomic mass is 127. The third-order valence-corrected chi connectivity index (χ3v) is 3.15. The van der Waals surface area contributed by atoms with Crippen LogP contribution >= 0.6 is 22.6 Å². The van der Waals surface area contributed by atoms with Crippen molar-refractivity contribution in [3.63, 3.8) is 0 Å². The molecule has 1 amide bonds. The molecule has 6 heteroatoms. The minimum Gasteiger partial charge on any atom is -0.491 e. The summed E-state index contributed by atoms with van der Waals surface area (Å²) in [6.07, 6.45) is 0.199. The molecular weight excluding hydrogens is 371 g/mol. The Hall–Kier alpha value is -1.70. The summed E-state index contributed by atoms with van der Waals surface area (Å²) in [5, 5.41) is 3.24. The number of furan rings is 1. The zero-order valence-corrected chi connectivity index (χ0v) is 12.9. The molecule has 0 fully saturated rings. The number of carbonyl (C=O) groups excluding carboxylic acids is 1. The Bertz CT molecular complexity index is 583. The Morgan fingerprint density at radius 3 is 2.80 bits per heavy atom. The topological polar surface area (TPSA) is 77.5 Å². The molecule has 0 aliphatic rings. The summed E-state index contributed by atoms with van der Waals surface area (Å²) in [4.78, 5) is 10.7. The monoisotopic (exact) mass is 386 g/mol. The van der Waals surface area contributed by atoms with Gasteiger partial charge in [-0.3, -0.25) is 4.79 Å². The fourth-order valence-corrected chi connectivity index (χ4v) is 2.09. The van der Waals surface area contributed by atoms with Crippen molar-refractivity contribution in [3.8, 4) is 5.75 Å². The van der Waals surface area contributed by atoms with Gasteiger partial charge in [-0.15, -0.1) is 0 Å². The molecule has 20 heavy (non-hydrogen) atoms. The van der Waals surface area contributed by atoms with Crippen LogP contribution in [-0.4, -0.2) is 12.5 Å². The van der Waals surface area contributed by atoms with Crippen LogP contribution in [0.4, 0.5) is 5.69 Å². The van der Waals surface area contributed by atoms with Crippen molar-refractivity contribution in [2.24, 2.45) is 5.73 Å². The molecule has 1 aromatic carbocycles. The fourth-order valence-electron chi connectivity index (χ4n) is 1.63. The Morgan fingerprint density at radius 2 is 2.10 bits per heavy atom. The van der Waals surface area contributed by atoms with Gasteiger partial charge in [0.15, 0.2) is 3.77 Å². The summed E-state index contributed by atoms with van der Waals surface area (Å²) in [5.74, 6) is 1.16. The number of nitrogens with two attached hydrogens (primary N) is 1. The standard InChI is InChI=1S/C14H15IN2O3/c15-13-6-5-10(20-13)9-17-11-3-1-2-4-12(11)19-8-7-14(16)18/h1-6,17H,7-9H2,(H2,16,18). The maximum atomic E-state index is 10.7. The van der Waals surface area contributed by atoms with Crippen LogP contribution in [0.15, 0.2) is 40.8 Å². The van der Waals surface area contributed by atoms with E-state index in [4.69, 9.17) is 14.9 Å². The molecule has 2 rings (SSSR count). The second-order valence-electron chi connectivity index (χ2n) is 4.12. The maximum absolute atomic E-state index is 10.7. The lowest BCUT2D eigenvalue weighted by atomic mass is 10.3. The number of ether oxygens (including phenoxy) is 1. The molecule has 0 spiro atoms. The zero-order chi connectivity index (χ0) is 14.4. The van der Waals surface area contributed by atoms with Crippen molar-refractivity contribution in [2.45, 2.75) is 13.0 Å². The molecule has 0 unspecified atom stereocenters. The fraction of sp³-hybridized carbons (Fsp3) is 0.214. The first-order valence-corrected chi connectivity index (χ1v) is 7.21. The van der Waals surface area contributed by atoms with Gasteiger partial charge in [0.2, 0.25) is 5.91 Å². The van der Waals surface area contributed by atoms with E-state index in [1.165, 1.54) is 0 Å². The molecule has 0 saturated carbocycles. The van der Waals surface area contributed by atoms with E-state index in [0.717, 1.165) is 15.2 Å². The zero-order valence-electron chi connectivity index (χ0n) is 10.8. The molecule has 106 valence electrons. The number of amides is 1. The van der Waals surface area contributed by atoms with Gasteiger partial charge in [0.05, 0.1) is 25.3 Å². The Labute approximate surface area is 130 Å². The van der Waals surface area contributed by atoms with Crippen molar-refractivity contribution >= 4 is 34.2 Å². The van der Waals surface area contributed by atoms with E-state index < -0.39 is 0 Å². The lowest BCUT2D eigenvalue weighted by Gasteiger charge is -2.12. The van der Waals surface area contributed by atoms with Crippen molar-refractivity contribution < 1.29 is 13.9 Å². The van der Waals surface area contributed by atoms with Crippen molar-refractivity contribution in [1.29, 1.82) is 0 Å². The van der Waals surface area contributed by atoms with E-state index >= 15 is 0 Å². The first kappa shape index (κ1) is 14.7. The molecule has 0 radical (unpaired) electrons. The van der Waals surface area contributed by atoms with E-state index in [0.29, 0.717) is 12.3 Å². The number of primary amides is 1. The maximum Gasteiger partial charge on any atom is 0.220 e. The van der Waals surface area contributed by atoms with Crippen LogP contribution in [-0.2, 0) is 11.3 Å². The number of nitrogens with one attached hydrogen (secondary N) is 1. The normalized spacial score (nSPS) is 10.2. The molecule has 5 nitrogen and oxygen atoms in total. The summed E-state index contributed by atoms with van der Waals surface area (Å²) in [6, 6.07) is 11.4. The minimum atomic E-state index is -0.374. The number of carbonyl (C=O) groups is 1. The summed E-state index contributed by atoms with van der Waals surface area (Å²) in [7, 11) is 0. The summed E-state index contributed by atoms with van der Waals surface area (Å²) < 4.78 is 11.9. The highest BCUT2D eigenvalue weighted by Crippen LogP contribution is 2.24. The number of hydrogen-bond donors (Lipinski definition) is 2. The van der Waals surface area contributed by atoms with Gasteiger partial charge in [0.1, 0.15) is 11.5 Å². The lowest BCUT2D eigenvalue weighted by Crippen LogP contribution is -2.15. The summed E-state index contributed by atoms with van der Waals surface area (Å²) in [6.45, 7) is 0.839. The van der Waals surface area contributed by atoms with Crippen LogP contribution in [0, 0.1) is 3.77 Å². The molecular formula is C14H15IN2O3. The molecule has 0 bridgehead atoms. The van der Waals surface area contributed by atoms with Gasteiger partial charge in [0.25, 0.3) is 0 Å². The predicted octanol–water partition coefficient (Wildman–Crippen LogP) is 2.75. The number of rotatable bonds is 7. The number of anilines is 1. The lowest BCUT2D eigenvalue weighted by molar-refractivity contribution is -0.118. The molecule has 3 N–H and O–H groups in total. The third-order valence-electron chi connectivity index (χ3n) is 2.58. The molecule has 1 heterocycles. The smallest absolute Gasteiger partial charge is 0.220 e. The Kier molecular flexibility index (Phi) is 5.28. The van der Waals surface area contributed by atoms with E-state index in [2.05, 4.69) is 27.9 Å². The van der Waals surface area contributed by atoms with E-state index in [1.54, 1.807) is 0 Å².